The predicted molar refractivity (Wildman–Crippen MR) is 115 cm³/mol. The Morgan fingerprint density at radius 1 is 0.900 bits per heavy atom. The summed E-state index contributed by atoms with van der Waals surface area (Å²) in [6.45, 7) is 4.95. The quantitative estimate of drug-likeness (QED) is 0.521. The third-order valence-corrected chi connectivity index (χ3v) is 4.80. The Morgan fingerprint density at radius 2 is 1.57 bits per heavy atom. The molecule has 0 fully saturated rings. The maximum absolute atomic E-state index is 10.3. The van der Waals surface area contributed by atoms with Crippen molar-refractivity contribution in [1.29, 1.82) is 0 Å². The van der Waals surface area contributed by atoms with E-state index in [4.69, 9.17) is 9.37 Å². The molecule has 3 aromatic rings. The molecule has 1 heterocycles. The highest BCUT2D eigenvalue weighted by Crippen LogP contribution is 2.15. The van der Waals surface area contributed by atoms with Gasteiger partial charge < -0.3 is 9.84 Å². The molecule has 0 amide bonds. The van der Waals surface area contributed by atoms with Crippen molar-refractivity contribution in [3.8, 4) is 5.75 Å². The molecule has 0 saturated heterocycles. The second-order valence-electron chi connectivity index (χ2n) is 7.76. The summed E-state index contributed by atoms with van der Waals surface area (Å²) in [4.78, 5) is 4.24. The lowest BCUT2D eigenvalue weighted by Crippen LogP contribution is -2.32. The third kappa shape index (κ3) is 6.95. The minimum Gasteiger partial charge on any atom is -0.491 e. The molecule has 0 aliphatic rings. The molecule has 0 radical (unpaired) electrons. The van der Waals surface area contributed by atoms with Crippen molar-refractivity contribution < 1.29 is 14.5 Å². The Hall–Kier alpha value is -2.74. The Kier molecular flexibility index (Phi) is 7.96. The molecule has 7 nitrogen and oxygen atoms in total. The highest BCUT2D eigenvalue weighted by molar-refractivity contribution is 5.27. The number of hydrogen-bond acceptors (Lipinski definition) is 7. The van der Waals surface area contributed by atoms with Crippen LogP contribution in [0.2, 0.25) is 0 Å². The molecule has 1 atom stereocenters. The fourth-order valence-electron chi connectivity index (χ4n) is 3.27. The van der Waals surface area contributed by atoms with Gasteiger partial charge in [-0.25, -0.2) is 4.63 Å². The van der Waals surface area contributed by atoms with E-state index in [0.29, 0.717) is 13.1 Å². The van der Waals surface area contributed by atoms with E-state index in [1.807, 2.05) is 63.5 Å². The standard InChI is InChI=1S/C23H30N4O3/c1-18-23(25-30-24-18)16-27(3)14-20-9-11-22(12-10-20)29-17-21(28)15-26(2)13-19-7-5-4-6-8-19/h4-12,21,28H,13-17H2,1-3H3/t21-/m0/s1. The summed E-state index contributed by atoms with van der Waals surface area (Å²) in [5, 5.41) is 18.0. The molecule has 160 valence electrons. The number of hydrogen-bond donors (Lipinski definition) is 1. The van der Waals surface area contributed by atoms with Crippen molar-refractivity contribution >= 4 is 0 Å². The average molecular weight is 411 g/mol. The van der Waals surface area contributed by atoms with Crippen LogP contribution < -0.4 is 4.74 Å². The molecule has 0 bridgehead atoms. The van der Waals surface area contributed by atoms with Gasteiger partial charge in [0.05, 0.1) is 0 Å². The van der Waals surface area contributed by atoms with Crippen LogP contribution in [0, 0.1) is 6.92 Å². The summed E-state index contributed by atoms with van der Waals surface area (Å²) in [5.41, 5.74) is 4.06. The van der Waals surface area contributed by atoms with Crippen LogP contribution in [0.5, 0.6) is 5.75 Å². The number of rotatable bonds is 11. The van der Waals surface area contributed by atoms with Gasteiger partial charge in [0.1, 0.15) is 29.8 Å². The number of aromatic nitrogens is 2. The lowest BCUT2D eigenvalue weighted by Gasteiger charge is -2.21. The minimum atomic E-state index is -0.552. The van der Waals surface area contributed by atoms with Gasteiger partial charge in [0, 0.05) is 26.2 Å². The van der Waals surface area contributed by atoms with Gasteiger partial charge in [-0.3, -0.25) is 9.80 Å². The Labute approximate surface area is 177 Å². The molecule has 7 heteroatoms. The van der Waals surface area contributed by atoms with E-state index >= 15 is 0 Å². The van der Waals surface area contributed by atoms with Gasteiger partial charge in [-0.05, 0) is 44.3 Å². The summed E-state index contributed by atoms with van der Waals surface area (Å²) in [5.74, 6) is 0.753. The maximum Gasteiger partial charge on any atom is 0.122 e. The second kappa shape index (κ2) is 10.9. The van der Waals surface area contributed by atoms with Crippen LogP contribution in [-0.4, -0.2) is 58.6 Å². The molecule has 0 unspecified atom stereocenters. The number of benzene rings is 2. The summed E-state index contributed by atoms with van der Waals surface area (Å²) >= 11 is 0. The normalized spacial score (nSPS) is 12.5. The Balaban J connectivity index is 1.40. The zero-order valence-electron chi connectivity index (χ0n) is 17.9. The minimum absolute atomic E-state index is 0.261. The van der Waals surface area contributed by atoms with Gasteiger partial charge >= 0.3 is 0 Å². The molecular formula is C23H30N4O3. The zero-order valence-corrected chi connectivity index (χ0v) is 17.9. The van der Waals surface area contributed by atoms with Crippen LogP contribution in [0.3, 0.4) is 0 Å². The van der Waals surface area contributed by atoms with Crippen LogP contribution in [0.1, 0.15) is 22.5 Å². The molecular weight excluding hydrogens is 380 g/mol. The largest absolute Gasteiger partial charge is 0.491 e. The van der Waals surface area contributed by atoms with Crippen molar-refractivity contribution in [2.45, 2.75) is 32.7 Å². The van der Waals surface area contributed by atoms with Crippen molar-refractivity contribution in [3.63, 3.8) is 0 Å². The number of aliphatic hydroxyl groups excluding tert-OH is 1. The van der Waals surface area contributed by atoms with E-state index in [2.05, 4.69) is 32.2 Å². The molecule has 0 saturated carbocycles. The summed E-state index contributed by atoms with van der Waals surface area (Å²) < 4.78 is 10.5. The van der Waals surface area contributed by atoms with E-state index in [1.54, 1.807) is 0 Å². The van der Waals surface area contributed by atoms with E-state index < -0.39 is 6.10 Å². The van der Waals surface area contributed by atoms with Crippen LogP contribution in [-0.2, 0) is 19.6 Å². The van der Waals surface area contributed by atoms with Gasteiger partial charge in [0.25, 0.3) is 0 Å². The smallest absolute Gasteiger partial charge is 0.122 e. The first-order valence-corrected chi connectivity index (χ1v) is 10.1. The predicted octanol–water partition coefficient (Wildman–Crippen LogP) is 2.88. The SMILES string of the molecule is Cc1nonc1CN(C)Cc1ccc(OC[C@@H](O)CN(C)Cc2ccccc2)cc1. The fraction of sp³-hybridized carbons (Fsp3) is 0.391. The second-order valence-corrected chi connectivity index (χ2v) is 7.76. The number of nitrogens with zero attached hydrogens (tertiary/aromatic N) is 4. The lowest BCUT2D eigenvalue weighted by atomic mass is 10.2. The van der Waals surface area contributed by atoms with E-state index in [1.165, 1.54) is 11.1 Å². The van der Waals surface area contributed by atoms with Crippen molar-refractivity contribution in [2.75, 3.05) is 27.2 Å². The van der Waals surface area contributed by atoms with Crippen LogP contribution in [0.25, 0.3) is 0 Å². The first-order valence-electron chi connectivity index (χ1n) is 10.1. The number of aryl methyl sites for hydroxylation is 1. The topological polar surface area (TPSA) is 74.9 Å². The van der Waals surface area contributed by atoms with Gasteiger partial charge in [-0.15, -0.1) is 0 Å². The molecule has 1 aromatic heterocycles. The number of aliphatic hydroxyl groups is 1. The third-order valence-electron chi connectivity index (χ3n) is 4.80. The van der Waals surface area contributed by atoms with Crippen LogP contribution in [0.15, 0.2) is 59.2 Å². The Bertz CT molecular complexity index is 883. The summed E-state index contributed by atoms with van der Waals surface area (Å²) in [6.07, 6.45) is -0.552. The van der Waals surface area contributed by atoms with Gasteiger partial charge in [0.2, 0.25) is 0 Å². The van der Waals surface area contributed by atoms with Gasteiger partial charge in [0.15, 0.2) is 0 Å². The van der Waals surface area contributed by atoms with E-state index in [-0.39, 0.29) is 6.61 Å². The first-order chi connectivity index (χ1) is 14.5. The van der Waals surface area contributed by atoms with Crippen LogP contribution in [0.4, 0.5) is 0 Å². The van der Waals surface area contributed by atoms with Gasteiger partial charge in [-0.1, -0.05) is 52.8 Å². The van der Waals surface area contributed by atoms with Gasteiger partial charge in [-0.2, -0.15) is 0 Å². The van der Waals surface area contributed by atoms with Crippen molar-refractivity contribution in [3.05, 3.63) is 77.1 Å². The molecule has 2 aromatic carbocycles. The summed E-state index contributed by atoms with van der Waals surface area (Å²) in [6, 6.07) is 18.2. The first kappa shape index (κ1) is 22.0. The van der Waals surface area contributed by atoms with E-state index in [9.17, 15) is 5.11 Å². The maximum atomic E-state index is 10.3. The molecule has 3 rings (SSSR count). The van der Waals surface area contributed by atoms with E-state index in [0.717, 1.165) is 30.2 Å². The highest BCUT2D eigenvalue weighted by atomic mass is 16.6. The van der Waals surface area contributed by atoms with Crippen molar-refractivity contribution in [2.24, 2.45) is 0 Å². The molecule has 0 aliphatic heterocycles. The summed E-state index contributed by atoms with van der Waals surface area (Å²) in [7, 11) is 4.03. The molecule has 0 aliphatic carbocycles. The molecule has 30 heavy (non-hydrogen) atoms. The molecule has 1 N–H and O–H groups in total. The fourth-order valence-corrected chi connectivity index (χ4v) is 3.27. The van der Waals surface area contributed by atoms with Crippen molar-refractivity contribution in [1.82, 2.24) is 20.1 Å². The Morgan fingerprint density at radius 3 is 2.23 bits per heavy atom. The number of ether oxygens (including phenoxy) is 1. The zero-order chi connectivity index (χ0) is 21.3. The molecule has 0 spiro atoms. The average Bonchev–Trinajstić information content (AvgIpc) is 3.12. The number of likely N-dealkylation sites (N-methyl/N-ethyl adjacent to an activating group) is 1. The lowest BCUT2D eigenvalue weighted by molar-refractivity contribution is 0.0744. The van der Waals surface area contributed by atoms with Crippen LogP contribution >= 0.6 is 0 Å². The highest BCUT2D eigenvalue weighted by Gasteiger charge is 2.11. The monoisotopic (exact) mass is 410 g/mol.